The van der Waals surface area contributed by atoms with Crippen molar-refractivity contribution in [2.45, 2.75) is 52.1 Å². The van der Waals surface area contributed by atoms with Crippen molar-refractivity contribution in [3.63, 3.8) is 0 Å². The lowest BCUT2D eigenvalue weighted by Gasteiger charge is -2.20. The summed E-state index contributed by atoms with van der Waals surface area (Å²) in [5.74, 6) is 0. The SMILES string of the molecule is CCCc1ccc(C(C)NC(C)Cc2cccs2)cc1. The molecule has 1 heterocycles. The number of benzene rings is 1. The first-order chi connectivity index (χ1) is 9.69. The van der Waals surface area contributed by atoms with E-state index in [2.05, 4.69) is 67.9 Å². The molecule has 1 aromatic carbocycles. The van der Waals surface area contributed by atoms with Crippen molar-refractivity contribution in [1.82, 2.24) is 5.32 Å². The molecule has 0 radical (unpaired) electrons. The highest BCUT2D eigenvalue weighted by Crippen LogP contribution is 2.17. The van der Waals surface area contributed by atoms with Crippen molar-refractivity contribution in [3.05, 3.63) is 57.8 Å². The molecule has 0 bridgehead atoms. The molecular formula is C18H25NS. The maximum absolute atomic E-state index is 3.69. The summed E-state index contributed by atoms with van der Waals surface area (Å²) in [5.41, 5.74) is 2.82. The van der Waals surface area contributed by atoms with E-state index < -0.39 is 0 Å². The van der Waals surface area contributed by atoms with E-state index in [1.807, 2.05) is 11.3 Å². The largest absolute Gasteiger partial charge is 0.307 e. The van der Waals surface area contributed by atoms with E-state index in [0.29, 0.717) is 12.1 Å². The Bertz CT molecular complexity index is 487. The number of aryl methyl sites for hydroxylation is 1. The molecule has 0 saturated carbocycles. The van der Waals surface area contributed by atoms with Gasteiger partial charge in [-0.05, 0) is 49.3 Å². The van der Waals surface area contributed by atoms with Crippen LogP contribution in [0.25, 0.3) is 0 Å². The molecule has 2 atom stereocenters. The van der Waals surface area contributed by atoms with Crippen LogP contribution in [0.3, 0.4) is 0 Å². The molecule has 2 heteroatoms. The maximum Gasteiger partial charge on any atom is 0.0294 e. The van der Waals surface area contributed by atoms with Crippen molar-refractivity contribution in [2.24, 2.45) is 0 Å². The molecule has 2 rings (SSSR count). The van der Waals surface area contributed by atoms with Crippen LogP contribution in [0.2, 0.25) is 0 Å². The van der Waals surface area contributed by atoms with Gasteiger partial charge in [0.15, 0.2) is 0 Å². The molecule has 2 aromatic rings. The molecule has 0 spiro atoms. The van der Waals surface area contributed by atoms with Gasteiger partial charge in [0, 0.05) is 17.0 Å². The minimum atomic E-state index is 0.403. The number of hydrogen-bond donors (Lipinski definition) is 1. The van der Waals surface area contributed by atoms with Crippen molar-refractivity contribution >= 4 is 11.3 Å². The van der Waals surface area contributed by atoms with Crippen LogP contribution in [0.5, 0.6) is 0 Å². The Balaban J connectivity index is 1.88. The van der Waals surface area contributed by atoms with E-state index in [1.54, 1.807) is 0 Å². The minimum absolute atomic E-state index is 0.403. The average Bonchev–Trinajstić information content (AvgIpc) is 2.92. The first-order valence-corrected chi connectivity index (χ1v) is 8.44. The van der Waals surface area contributed by atoms with Gasteiger partial charge in [0.1, 0.15) is 0 Å². The molecule has 0 fully saturated rings. The molecule has 108 valence electrons. The zero-order valence-electron chi connectivity index (χ0n) is 12.7. The molecule has 1 aromatic heterocycles. The van der Waals surface area contributed by atoms with Gasteiger partial charge in [0.2, 0.25) is 0 Å². The smallest absolute Gasteiger partial charge is 0.0294 e. The third kappa shape index (κ3) is 4.46. The van der Waals surface area contributed by atoms with Crippen molar-refractivity contribution < 1.29 is 0 Å². The van der Waals surface area contributed by atoms with Gasteiger partial charge in [-0.3, -0.25) is 0 Å². The summed E-state index contributed by atoms with van der Waals surface area (Å²) in [6.07, 6.45) is 3.50. The number of hydrogen-bond acceptors (Lipinski definition) is 2. The molecule has 0 aliphatic carbocycles. The van der Waals surface area contributed by atoms with Crippen molar-refractivity contribution in [1.29, 1.82) is 0 Å². The molecule has 1 nitrogen and oxygen atoms in total. The lowest BCUT2D eigenvalue weighted by molar-refractivity contribution is 0.479. The van der Waals surface area contributed by atoms with Crippen LogP contribution in [0.4, 0.5) is 0 Å². The fourth-order valence-corrected chi connectivity index (χ4v) is 3.41. The standard InChI is InChI=1S/C18H25NS/c1-4-6-16-8-10-17(11-9-16)15(3)19-14(2)13-18-7-5-12-20-18/h5,7-12,14-15,19H,4,6,13H2,1-3H3. The highest BCUT2D eigenvalue weighted by atomic mass is 32.1. The lowest BCUT2D eigenvalue weighted by Crippen LogP contribution is -2.30. The summed E-state index contributed by atoms with van der Waals surface area (Å²) < 4.78 is 0. The Hall–Kier alpha value is -1.12. The van der Waals surface area contributed by atoms with E-state index in [0.717, 1.165) is 6.42 Å². The first-order valence-electron chi connectivity index (χ1n) is 7.56. The van der Waals surface area contributed by atoms with Crippen LogP contribution < -0.4 is 5.32 Å². The van der Waals surface area contributed by atoms with Crippen LogP contribution in [0.15, 0.2) is 41.8 Å². The lowest BCUT2D eigenvalue weighted by atomic mass is 10.0. The van der Waals surface area contributed by atoms with Crippen LogP contribution in [-0.2, 0) is 12.8 Å². The summed E-state index contributed by atoms with van der Waals surface area (Å²) in [6.45, 7) is 6.74. The summed E-state index contributed by atoms with van der Waals surface area (Å²) in [5, 5.41) is 5.84. The summed E-state index contributed by atoms with van der Waals surface area (Å²) in [4.78, 5) is 1.45. The van der Waals surface area contributed by atoms with E-state index >= 15 is 0 Å². The van der Waals surface area contributed by atoms with Crippen LogP contribution in [-0.4, -0.2) is 6.04 Å². The second kappa shape index (κ2) is 7.61. The van der Waals surface area contributed by atoms with Gasteiger partial charge in [-0.25, -0.2) is 0 Å². The molecule has 0 aliphatic heterocycles. The van der Waals surface area contributed by atoms with Gasteiger partial charge in [0.05, 0.1) is 0 Å². The van der Waals surface area contributed by atoms with E-state index in [9.17, 15) is 0 Å². The number of nitrogens with one attached hydrogen (secondary N) is 1. The van der Waals surface area contributed by atoms with E-state index in [-0.39, 0.29) is 0 Å². The van der Waals surface area contributed by atoms with Gasteiger partial charge in [-0.2, -0.15) is 0 Å². The molecule has 0 amide bonds. The summed E-state index contributed by atoms with van der Waals surface area (Å²) in [6, 6.07) is 14.3. The summed E-state index contributed by atoms with van der Waals surface area (Å²) >= 11 is 1.84. The Labute approximate surface area is 127 Å². The fraction of sp³-hybridized carbons (Fsp3) is 0.444. The third-order valence-corrected chi connectivity index (χ3v) is 4.54. The molecular weight excluding hydrogens is 262 g/mol. The van der Waals surface area contributed by atoms with Crippen LogP contribution in [0.1, 0.15) is 49.2 Å². The number of thiophene rings is 1. The summed E-state index contributed by atoms with van der Waals surface area (Å²) in [7, 11) is 0. The van der Waals surface area contributed by atoms with Gasteiger partial charge in [-0.1, -0.05) is 43.7 Å². The molecule has 0 saturated heterocycles. The highest BCUT2D eigenvalue weighted by molar-refractivity contribution is 7.09. The monoisotopic (exact) mass is 287 g/mol. The Morgan fingerprint density at radius 1 is 1.10 bits per heavy atom. The molecule has 2 unspecified atom stereocenters. The maximum atomic E-state index is 3.69. The van der Waals surface area contributed by atoms with Gasteiger partial charge in [0.25, 0.3) is 0 Å². The van der Waals surface area contributed by atoms with E-state index in [1.165, 1.54) is 28.8 Å². The molecule has 20 heavy (non-hydrogen) atoms. The third-order valence-electron chi connectivity index (χ3n) is 3.64. The van der Waals surface area contributed by atoms with Gasteiger partial charge < -0.3 is 5.32 Å². The Morgan fingerprint density at radius 2 is 1.85 bits per heavy atom. The minimum Gasteiger partial charge on any atom is -0.307 e. The number of rotatable bonds is 7. The Kier molecular flexibility index (Phi) is 5.81. The molecule has 1 N–H and O–H groups in total. The topological polar surface area (TPSA) is 12.0 Å². The molecule has 0 aliphatic rings. The van der Waals surface area contributed by atoms with Crippen molar-refractivity contribution in [2.75, 3.05) is 0 Å². The van der Waals surface area contributed by atoms with Gasteiger partial charge in [-0.15, -0.1) is 11.3 Å². The zero-order chi connectivity index (χ0) is 14.4. The Morgan fingerprint density at radius 3 is 2.45 bits per heavy atom. The quantitative estimate of drug-likeness (QED) is 0.757. The van der Waals surface area contributed by atoms with Crippen LogP contribution in [0, 0.1) is 0 Å². The second-order valence-corrected chi connectivity index (χ2v) is 6.60. The predicted molar refractivity (Wildman–Crippen MR) is 89.5 cm³/mol. The normalized spacial score (nSPS) is 14.2. The fourth-order valence-electron chi connectivity index (χ4n) is 2.57. The van der Waals surface area contributed by atoms with Gasteiger partial charge >= 0.3 is 0 Å². The highest BCUT2D eigenvalue weighted by Gasteiger charge is 2.10. The predicted octanol–water partition coefficient (Wildman–Crippen LogP) is 4.98. The van der Waals surface area contributed by atoms with E-state index in [4.69, 9.17) is 0 Å². The van der Waals surface area contributed by atoms with Crippen LogP contribution >= 0.6 is 11.3 Å². The first kappa shape index (κ1) is 15.3. The average molecular weight is 287 g/mol. The zero-order valence-corrected chi connectivity index (χ0v) is 13.5. The second-order valence-electron chi connectivity index (χ2n) is 5.56. The van der Waals surface area contributed by atoms with Crippen molar-refractivity contribution in [3.8, 4) is 0 Å².